The number of nitrogens with zero attached hydrogens (tertiary/aromatic N) is 5. The summed E-state index contributed by atoms with van der Waals surface area (Å²) in [5.41, 5.74) is 0.794. The average molecular weight is 306 g/mol. The van der Waals surface area contributed by atoms with Crippen molar-refractivity contribution in [3.05, 3.63) is 40.7 Å². The van der Waals surface area contributed by atoms with E-state index in [2.05, 4.69) is 20.4 Å². The molecule has 1 aromatic heterocycles. The van der Waals surface area contributed by atoms with E-state index in [0.29, 0.717) is 11.1 Å². The van der Waals surface area contributed by atoms with E-state index in [1.54, 1.807) is 24.3 Å². The monoisotopic (exact) mass is 305 g/mol. The number of ether oxygens (including phenoxy) is 1. The number of carbonyl (C=O) groups excluding carboxylic acids is 2. The second kappa shape index (κ2) is 5.41. The summed E-state index contributed by atoms with van der Waals surface area (Å²) >= 11 is 5.44. The standard InChI is InChI=1S/C12H8ClN5O3/c13-11-14-16-12(17-15-11)21-6-5-18-9(19)7-3-1-2-4-8(7)10(18)20/h1-4H,5-6H2. The Kier molecular flexibility index (Phi) is 3.44. The molecule has 3 rings (SSSR count). The number of carbonyl (C=O) groups is 2. The molecule has 8 nitrogen and oxygen atoms in total. The molecule has 0 saturated heterocycles. The molecular formula is C12H8ClN5O3. The van der Waals surface area contributed by atoms with E-state index in [1.165, 1.54) is 0 Å². The Balaban J connectivity index is 1.63. The van der Waals surface area contributed by atoms with Crippen molar-refractivity contribution < 1.29 is 14.3 Å². The Labute approximate surface area is 123 Å². The van der Waals surface area contributed by atoms with Crippen LogP contribution >= 0.6 is 11.6 Å². The Morgan fingerprint density at radius 2 is 1.57 bits per heavy atom. The van der Waals surface area contributed by atoms with Crippen molar-refractivity contribution in [3.8, 4) is 6.01 Å². The molecule has 21 heavy (non-hydrogen) atoms. The molecule has 2 heterocycles. The number of hydrogen-bond acceptors (Lipinski definition) is 7. The SMILES string of the molecule is O=C1c2ccccc2C(=O)N1CCOc1nnc(Cl)nn1. The number of halogens is 1. The van der Waals surface area contributed by atoms with Crippen LogP contribution in [0.2, 0.25) is 5.28 Å². The summed E-state index contributed by atoms with van der Waals surface area (Å²) in [6, 6.07) is 6.58. The lowest BCUT2D eigenvalue weighted by molar-refractivity contribution is 0.0628. The summed E-state index contributed by atoms with van der Waals surface area (Å²) < 4.78 is 5.17. The van der Waals surface area contributed by atoms with Gasteiger partial charge in [0.2, 0.25) is 0 Å². The van der Waals surface area contributed by atoms with Gasteiger partial charge in [-0.2, -0.15) is 0 Å². The lowest BCUT2D eigenvalue weighted by Gasteiger charge is -2.13. The van der Waals surface area contributed by atoms with Crippen molar-refractivity contribution in [2.24, 2.45) is 0 Å². The molecule has 2 amide bonds. The van der Waals surface area contributed by atoms with Crippen LogP contribution in [-0.2, 0) is 0 Å². The van der Waals surface area contributed by atoms with Crippen LogP contribution < -0.4 is 4.74 Å². The second-order valence-electron chi connectivity index (χ2n) is 4.11. The van der Waals surface area contributed by atoms with Crippen molar-refractivity contribution in [2.45, 2.75) is 0 Å². The topological polar surface area (TPSA) is 98.2 Å². The Bertz CT molecular complexity index is 671. The molecule has 0 radical (unpaired) electrons. The predicted octanol–water partition coefficient (Wildman–Crippen LogP) is 0.595. The van der Waals surface area contributed by atoms with Gasteiger partial charge in [-0.15, -0.1) is 10.2 Å². The number of aromatic nitrogens is 4. The van der Waals surface area contributed by atoms with Gasteiger partial charge in [0, 0.05) is 0 Å². The highest BCUT2D eigenvalue weighted by Crippen LogP contribution is 2.21. The Hall–Kier alpha value is -2.61. The highest BCUT2D eigenvalue weighted by molar-refractivity contribution is 6.28. The van der Waals surface area contributed by atoms with Crippen LogP contribution in [0.5, 0.6) is 6.01 Å². The van der Waals surface area contributed by atoms with Crippen LogP contribution in [-0.4, -0.2) is 50.3 Å². The predicted molar refractivity (Wildman–Crippen MR) is 69.9 cm³/mol. The minimum absolute atomic E-state index is 0.0382. The summed E-state index contributed by atoms with van der Waals surface area (Å²) in [5, 5.41) is 13.9. The third-order valence-corrected chi connectivity index (χ3v) is 3.01. The first-order chi connectivity index (χ1) is 10.2. The number of fused-ring (bicyclic) bond motifs is 1. The minimum Gasteiger partial charge on any atom is -0.459 e. The third-order valence-electron chi connectivity index (χ3n) is 2.86. The fourth-order valence-corrected chi connectivity index (χ4v) is 2.01. The van der Waals surface area contributed by atoms with Crippen LogP contribution in [0.1, 0.15) is 20.7 Å². The summed E-state index contributed by atoms with van der Waals surface area (Å²) in [6.45, 7) is 0.120. The minimum atomic E-state index is -0.340. The number of rotatable bonds is 4. The zero-order valence-corrected chi connectivity index (χ0v) is 11.3. The molecule has 2 aromatic rings. The van der Waals surface area contributed by atoms with Crippen molar-refractivity contribution in [2.75, 3.05) is 13.2 Å². The van der Waals surface area contributed by atoms with Gasteiger partial charge in [0.15, 0.2) is 0 Å². The van der Waals surface area contributed by atoms with Gasteiger partial charge in [0.1, 0.15) is 6.61 Å². The zero-order chi connectivity index (χ0) is 14.8. The van der Waals surface area contributed by atoms with Gasteiger partial charge in [-0.3, -0.25) is 14.5 Å². The molecule has 0 bridgehead atoms. The fourth-order valence-electron chi connectivity index (χ4n) is 1.94. The average Bonchev–Trinajstić information content (AvgIpc) is 2.75. The van der Waals surface area contributed by atoms with Crippen LogP contribution in [0.3, 0.4) is 0 Å². The molecule has 0 aliphatic carbocycles. The quantitative estimate of drug-likeness (QED) is 0.762. The van der Waals surface area contributed by atoms with E-state index in [4.69, 9.17) is 16.3 Å². The molecular weight excluding hydrogens is 298 g/mol. The van der Waals surface area contributed by atoms with Crippen molar-refractivity contribution >= 4 is 23.4 Å². The van der Waals surface area contributed by atoms with Crippen LogP contribution in [0.4, 0.5) is 0 Å². The summed E-state index contributed by atoms with van der Waals surface area (Å²) in [7, 11) is 0. The molecule has 0 fully saturated rings. The van der Waals surface area contributed by atoms with Gasteiger partial charge >= 0.3 is 6.01 Å². The zero-order valence-electron chi connectivity index (χ0n) is 10.6. The summed E-state index contributed by atoms with van der Waals surface area (Å²) in [6.07, 6.45) is 0. The summed E-state index contributed by atoms with van der Waals surface area (Å²) in [5.74, 6) is -0.681. The smallest absolute Gasteiger partial charge is 0.355 e. The fraction of sp³-hybridized carbons (Fsp3) is 0.167. The van der Waals surface area contributed by atoms with Gasteiger partial charge in [0.25, 0.3) is 17.1 Å². The van der Waals surface area contributed by atoms with Crippen LogP contribution in [0.25, 0.3) is 0 Å². The van der Waals surface area contributed by atoms with Gasteiger partial charge in [-0.05, 0) is 23.7 Å². The molecule has 0 unspecified atom stereocenters. The second-order valence-corrected chi connectivity index (χ2v) is 4.45. The van der Waals surface area contributed by atoms with Gasteiger partial charge in [0.05, 0.1) is 17.7 Å². The highest BCUT2D eigenvalue weighted by Gasteiger charge is 2.34. The van der Waals surface area contributed by atoms with Gasteiger partial charge < -0.3 is 4.74 Å². The van der Waals surface area contributed by atoms with Crippen LogP contribution in [0.15, 0.2) is 24.3 Å². The number of amides is 2. The van der Waals surface area contributed by atoms with E-state index in [-0.39, 0.29) is 36.3 Å². The molecule has 0 atom stereocenters. The normalized spacial score (nSPS) is 13.5. The maximum atomic E-state index is 12.1. The largest absolute Gasteiger partial charge is 0.459 e. The first kappa shape index (κ1) is 13.4. The van der Waals surface area contributed by atoms with Gasteiger partial charge in [-0.1, -0.05) is 22.3 Å². The van der Waals surface area contributed by atoms with Crippen molar-refractivity contribution in [1.82, 2.24) is 25.3 Å². The van der Waals surface area contributed by atoms with Crippen molar-refractivity contribution in [3.63, 3.8) is 0 Å². The van der Waals surface area contributed by atoms with E-state index < -0.39 is 0 Å². The molecule has 0 spiro atoms. The lowest BCUT2D eigenvalue weighted by Crippen LogP contribution is -2.33. The Morgan fingerprint density at radius 3 is 2.14 bits per heavy atom. The van der Waals surface area contributed by atoms with E-state index >= 15 is 0 Å². The van der Waals surface area contributed by atoms with E-state index in [1.807, 2.05) is 0 Å². The summed E-state index contributed by atoms with van der Waals surface area (Å²) in [4.78, 5) is 25.3. The highest BCUT2D eigenvalue weighted by atomic mass is 35.5. The van der Waals surface area contributed by atoms with E-state index in [0.717, 1.165) is 4.90 Å². The maximum Gasteiger partial charge on any atom is 0.355 e. The van der Waals surface area contributed by atoms with E-state index in [9.17, 15) is 9.59 Å². The molecule has 1 aromatic carbocycles. The first-order valence-electron chi connectivity index (χ1n) is 5.98. The number of imide groups is 1. The maximum absolute atomic E-state index is 12.1. The Morgan fingerprint density at radius 1 is 1.00 bits per heavy atom. The number of benzene rings is 1. The molecule has 106 valence electrons. The lowest BCUT2D eigenvalue weighted by atomic mass is 10.1. The molecule has 1 aliphatic heterocycles. The third kappa shape index (κ3) is 2.52. The van der Waals surface area contributed by atoms with Gasteiger partial charge in [-0.25, -0.2) is 0 Å². The number of hydrogen-bond donors (Lipinski definition) is 0. The molecule has 9 heteroatoms. The van der Waals surface area contributed by atoms with Crippen LogP contribution in [0, 0.1) is 0 Å². The molecule has 0 saturated carbocycles. The van der Waals surface area contributed by atoms with Crippen molar-refractivity contribution in [1.29, 1.82) is 0 Å². The molecule has 0 N–H and O–H groups in total. The molecule has 1 aliphatic rings. The first-order valence-corrected chi connectivity index (χ1v) is 6.35.